The molecule has 0 saturated heterocycles. The highest BCUT2D eigenvalue weighted by atomic mass is 19.1. The standard InChI is InChI=1S/C14H22F2N2O/c1-4-18(5-6-19-3)14-12(15)8-11(7-10(2)17)9-13(14)16/h8-10H,4-7,17H2,1-3H3. The largest absolute Gasteiger partial charge is 0.383 e. The SMILES string of the molecule is CCN(CCOC)c1c(F)cc(CC(C)N)cc1F. The first-order chi connectivity index (χ1) is 8.99. The number of nitrogens with two attached hydrogens (primary N) is 1. The van der Waals surface area contributed by atoms with Crippen molar-refractivity contribution in [2.45, 2.75) is 26.3 Å². The average Bonchev–Trinajstić information content (AvgIpc) is 2.31. The normalized spacial score (nSPS) is 12.5. The summed E-state index contributed by atoms with van der Waals surface area (Å²) in [7, 11) is 1.56. The molecular weight excluding hydrogens is 250 g/mol. The Hall–Kier alpha value is -1.20. The van der Waals surface area contributed by atoms with Crippen molar-refractivity contribution in [1.82, 2.24) is 0 Å². The zero-order chi connectivity index (χ0) is 14.4. The van der Waals surface area contributed by atoms with Crippen molar-refractivity contribution in [2.24, 2.45) is 5.73 Å². The van der Waals surface area contributed by atoms with E-state index >= 15 is 0 Å². The van der Waals surface area contributed by atoms with Gasteiger partial charge in [0.1, 0.15) is 17.3 Å². The van der Waals surface area contributed by atoms with Gasteiger partial charge in [0.05, 0.1) is 6.61 Å². The molecule has 0 aliphatic carbocycles. The van der Waals surface area contributed by atoms with E-state index in [0.717, 1.165) is 0 Å². The van der Waals surface area contributed by atoms with Crippen LogP contribution in [-0.4, -0.2) is 32.8 Å². The summed E-state index contributed by atoms with van der Waals surface area (Å²) in [6.45, 7) is 5.05. The molecule has 0 saturated carbocycles. The molecule has 3 nitrogen and oxygen atoms in total. The average molecular weight is 272 g/mol. The van der Waals surface area contributed by atoms with Crippen LogP contribution in [0.5, 0.6) is 0 Å². The lowest BCUT2D eigenvalue weighted by molar-refractivity contribution is 0.205. The maximum atomic E-state index is 14.1. The minimum Gasteiger partial charge on any atom is -0.383 e. The molecule has 108 valence electrons. The molecule has 5 heteroatoms. The number of hydrogen-bond donors (Lipinski definition) is 1. The highest BCUT2D eigenvalue weighted by Gasteiger charge is 2.17. The van der Waals surface area contributed by atoms with Gasteiger partial charge in [0.2, 0.25) is 0 Å². The minimum atomic E-state index is -0.548. The molecule has 1 unspecified atom stereocenters. The summed E-state index contributed by atoms with van der Waals surface area (Å²) >= 11 is 0. The number of nitrogens with zero attached hydrogens (tertiary/aromatic N) is 1. The van der Waals surface area contributed by atoms with Gasteiger partial charge in [0.15, 0.2) is 0 Å². The van der Waals surface area contributed by atoms with Gasteiger partial charge in [-0.3, -0.25) is 0 Å². The Morgan fingerprint density at radius 2 is 1.89 bits per heavy atom. The van der Waals surface area contributed by atoms with Crippen LogP contribution in [0.25, 0.3) is 0 Å². The third kappa shape index (κ3) is 4.44. The van der Waals surface area contributed by atoms with Gasteiger partial charge in [0.25, 0.3) is 0 Å². The van der Waals surface area contributed by atoms with E-state index in [2.05, 4.69) is 0 Å². The molecule has 1 rings (SSSR count). The fourth-order valence-corrected chi connectivity index (χ4v) is 2.04. The summed E-state index contributed by atoms with van der Waals surface area (Å²) in [5, 5.41) is 0. The van der Waals surface area contributed by atoms with Crippen molar-refractivity contribution in [2.75, 3.05) is 31.7 Å². The van der Waals surface area contributed by atoms with Gasteiger partial charge in [0, 0.05) is 26.2 Å². The summed E-state index contributed by atoms with van der Waals surface area (Å²) < 4.78 is 33.1. The molecule has 1 aromatic rings. The summed E-state index contributed by atoms with van der Waals surface area (Å²) in [4.78, 5) is 1.63. The molecule has 1 aromatic carbocycles. The van der Waals surface area contributed by atoms with Gasteiger partial charge in [-0.15, -0.1) is 0 Å². The van der Waals surface area contributed by atoms with Crippen molar-refractivity contribution >= 4 is 5.69 Å². The molecule has 0 amide bonds. The third-order valence-corrected chi connectivity index (χ3v) is 2.90. The molecular formula is C14H22F2N2O. The molecule has 0 bridgehead atoms. The topological polar surface area (TPSA) is 38.5 Å². The molecule has 1 atom stereocenters. The minimum absolute atomic E-state index is 0.00738. The van der Waals surface area contributed by atoms with Gasteiger partial charge < -0.3 is 15.4 Å². The maximum absolute atomic E-state index is 14.1. The fraction of sp³-hybridized carbons (Fsp3) is 0.571. The van der Waals surface area contributed by atoms with Crippen molar-refractivity contribution in [3.05, 3.63) is 29.3 Å². The Bertz CT molecular complexity index is 387. The zero-order valence-corrected chi connectivity index (χ0v) is 11.7. The van der Waals surface area contributed by atoms with E-state index in [4.69, 9.17) is 10.5 Å². The van der Waals surface area contributed by atoms with E-state index in [1.54, 1.807) is 18.9 Å². The maximum Gasteiger partial charge on any atom is 0.149 e. The van der Waals surface area contributed by atoms with Crippen LogP contribution >= 0.6 is 0 Å². The number of methoxy groups -OCH3 is 1. The Morgan fingerprint density at radius 3 is 2.32 bits per heavy atom. The summed E-state index contributed by atoms with van der Waals surface area (Å²) in [6.07, 6.45) is 0.457. The number of benzene rings is 1. The second kappa shape index (κ2) is 7.40. The van der Waals surface area contributed by atoms with Crippen LogP contribution in [0.1, 0.15) is 19.4 Å². The molecule has 0 radical (unpaired) electrons. The van der Waals surface area contributed by atoms with Crippen LogP contribution in [0, 0.1) is 11.6 Å². The highest BCUT2D eigenvalue weighted by Crippen LogP contribution is 2.25. The number of likely N-dealkylation sites (N-methyl/N-ethyl adjacent to an activating group) is 1. The first-order valence-corrected chi connectivity index (χ1v) is 6.47. The Morgan fingerprint density at radius 1 is 1.32 bits per heavy atom. The Kier molecular flexibility index (Phi) is 6.18. The first kappa shape index (κ1) is 15.9. The lowest BCUT2D eigenvalue weighted by atomic mass is 10.1. The van der Waals surface area contributed by atoms with Gasteiger partial charge in [-0.05, 0) is 38.0 Å². The molecule has 2 N–H and O–H groups in total. The molecule has 0 aliphatic rings. The Labute approximate surface area is 113 Å². The van der Waals surface area contributed by atoms with Gasteiger partial charge in [-0.1, -0.05) is 0 Å². The van der Waals surface area contributed by atoms with Crippen LogP contribution in [0.2, 0.25) is 0 Å². The number of rotatable bonds is 7. The number of ether oxygens (including phenoxy) is 1. The quantitative estimate of drug-likeness (QED) is 0.828. The van der Waals surface area contributed by atoms with Crippen LogP contribution in [0.4, 0.5) is 14.5 Å². The van der Waals surface area contributed by atoms with Crippen LogP contribution in [0.3, 0.4) is 0 Å². The zero-order valence-electron chi connectivity index (χ0n) is 11.7. The monoisotopic (exact) mass is 272 g/mol. The summed E-state index contributed by atoms with van der Waals surface area (Å²) in [6, 6.07) is 2.59. The van der Waals surface area contributed by atoms with E-state index in [0.29, 0.717) is 31.7 Å². The second-order valence-corrected chi connectivity index (χ2v) is 4.66. The first-order valence-electron chi connectivity index (χ1n) is 6.47. The predicted octanol–water partition coefficient (Wildman–Crippen LogP) is 2.33. The summed E-state index contributed by atoms with van der Waals surface area (Å²) in [5.74, 6) is -1.10. The molecule has 0 aliphatic heterocycles. The van der Waals surface area contributed by atoms with Gasteiger partial charge in [-0.2, -0.15) is 0 Å². The third-order valence-electron chi connectivity index (χ3n) is 2.90. The van der Waals surface area contributed by atoms with E-state index in [-0.39, 0.29) is 11.7 Å². The van der Waals surface area contributed by atoms with Crippen LogP contribution in [-0.2, 0) is 11.2 Å². The molecule has 0 aromatic heterocycles. The lowest BCUT2D eigenvalue weighted by Crippen LogP contribution is -2.29. The van der Waals surface area contributed by atoms with E-state index in [1.165, 1.54) is 12.1 Å². The van der Waals surface area contributed by atoms with Crippen molar-refractivity contribution < 1.29 is 13.5 Å². The summed E-state index contributed by atoms with van der Waals surface area (Å²) in [5.41, 5.74) is 6.23. The van der Waals surface area contributed by atoms with Gasteiger partial charge >= 0.3 is 0 Å². The predicted molar refractivity (Wildman–Crippen MR) is 73.5 cm³/mol. The second-order valence-electron chi connectivity index (χ2n) is 4.66. The fourth-order valence-electron chi connectivity index (χ4n) is 2.04. The number of hydrogen-bond acceptors (Lipinski definition) is 3. The highest BCUT2D eigenvalue weighted by molar-refractivity contribution is 5.50. The van der Waals surface area contributed by atoms with Crippen molar-refractivity contribution in [1.29, 1.82) is 0 Å². The molecule has 0 heterocycles. The number of anilines is 1. The van der Waals surface area contributed by atoms with Crippen molar-refractivity contribution in [3.8, 4) is 0 Å². The Balaban J connectivity index is 3.00. The molecule has 19 heavy (non-hydrogen) atoms. The van der Waals surface area contributed by atoms with Gasteiger partial charge in [-0.25, -0.2) is 8.78 Å². The molecule has 0 spiro atoms. The van der Waals surface area contributed by atoms with E-state index in [9.17, 15) is 8.78 Å². The van der Waals surface area contributed by atoms with E-state index < -0.39 is 11.6 Å². The van der Waals surface area contributed by atoms with Crippen molar-refractivity contribution in [3.63, 3.8) is 0 Å². The molecule has 0 fully saturated rings. The smallest absolute Gasteiger partial charge is 0.149 e. The lowest BCUT2D eigenvalue weighted by Gasteiger charge is -2.24. The van der Waals surface area contributed by atoms with Crippen LogP contribution in [0.15, 0.2) is 12.1 Å². The van der Waals surface area contributed by atoms with E-state index in [1.807, 2.05) is 6.92 Å². The number of halogens is 2. The van der Waals surface area contributed by atoms with Crippen LogP contribution < -0.4 is 10.6 Å².